The number of carbonyl (C=O) groups is 2. The molecule has 0 fully saturated rings. The van der Waals surface area contributed by atoms with Gasteiger partial charge in [0, 0.05) is 23.1 Å². The molecule has 0 spiro atoms. The van der Waals surface area contributed by atoms with Crippen molar-refractivity contribution < 1.29 is 90.4 Å². The van der Waals surface area contributed by atoms with Crippen LogP contribution in [0, 0.1) is 0 Å². The Morgan fingerprint density at radius 1 is 0.775 bits per heavy atom. The van der Waals surface area contributed by atoms with Crippen LogP contribution in [0.1, 0.15) is 34.1 Å². The Labute approximate surface area is 215 Å². The molecule has 0 aliphatic rings. The maximum absolute atomic E-state index is 14.2. The number of aliphatic hydroxyl groups excluding tert-OH is 1. The second-order valence-electron chi connectivity index (χ2n) is 7.91. The molecule has 0 bridgehead atoms. The van der Waals surface area contributed by atoms with E-state index in [4.69, 9.17) is 10.2 Å². The number of ether oxygens (including phenoxy) is 1. The quantitative estimate of drug-likeness (QED) is 0.161. The lowest BCUT2D eigenvalue weighted by Gasteiger charge is -2.43. The van der Waals surface area contributed by atoms with Crippen molar-refractivity contribution in [3.8, 4) is 0 Å². The zero-order valence-electron chi connectivity index (χ0n) is 20.5. The normalized spacial score (nSPS) is 15.4. The zero-order valence-corrected chi connectivity index (χ0v) is 20.5. The number of rotatable bonds is 10. The van der Waals surface area contributed by atoms with E-state index in [1.54, 1.807) is 13.8 Å². The van der Waals surface area contributed by atoms with Gasteiger partial charge in [-0.25, -0.2) is 14.0 Å². The molecule has 0 amide bonds. The lowest BCUT2D eigenvalue weighted by atomic mass is 9.82. The van der Waals surface area contributed by atoms with Crippen molar-refractivity contribution in [3.05, 3.63) is 23.3 Å². The van der Waals surface area contributed by atoms with Crippen LogP contribution in [0.5, 0.6) is 0 Å². The number of carboxylic acids is 1. The Kier molecular flexibility index (Phi) is 12.3. The molecule has 236 valence electrons. The third-order valence-electron chi connectivity index (χ3n) is 4.67. The highest BCUT2D eigenvalue weighted by molar-refractivity contribution is 5.87. The second kappa shape index (κ2) is 12.5. The van der Waals surface area contributed by atoms with Gasteiger partial charge in [-0.05, 0) is 27.7 Å². The van der Waals surface area contributed by atoms with Gasteiger partial charge in [-0.3, -0.25) is 0 Å². The highest BCUT2D eigenvalue weighted by Crippen LogP contribution is 2.64. The van der Waals surface area contributed by atoms with Gasteiger partial charge in [0.15, 0.2) is 0 Å². The molecule has 1 unspecified atom stereocenters. The molecule has 0 aliphatic carbocycles. The molecule has 1 atom stereocenters. The standard InChI is InChI=1S/C14H11F15O3.C6H10O2/c1-4(30)3-6(5(2)7(31)32)8(15,16)10(18,19)12(22,23)11(20,21)9(17,13(24,25)26)14(27,28)29;1-4-8-6(7)5(2)3/h4,30H,3H2,1-2H3,(H,31,32);2,4H2,1,3H3. The number of aliphatic hydroxyl groups is 1. The summed E-state index contributed by atoms with van der Waals surface area (Å²) in [6, 6.07) is 0. The van der Waals surface area contributed by atoms with Gasteiger partial charge in [-0.1, -0.05) is 6.58 Å². The van der Waals surface area contributed by atoms with Crippen molar-refractivity contribution in [2.75, 3.05) is 6.61 Å². The minimum absolute atomic E-state index is 0.00516. The first-order chi connectivity index (χ1) is 17.3. The third-order valence-corrected chi connectivity index (χ3v) is 4.67. The predicted molar refractivity (Wildman–Crippen MR) is 104 cm³/mol. The molecule has 0 saturated heterocycles. The number of aliphatic carboxylic acids is 1. The Morgan fingerprint density at radius 3 is 1.38 bits per heavy atom. The summed E-state index contributed by atoms with van der Waals surface area (Å²) in [5.74, 6) is -34.8. The highest BCUT2D eigenvalue weighted by Gasteiger charge is 2.95. The average Bonchev–Trinajstić information content (AvgIpc) is 2.74. The summed E-state index contributed by atoms with van der Waals surface area (Å²) in [5.41, 5.74) is -12.7. The van der Waals surface area contributed by atoms with Gasteiger partial charge in [0.2, 0.25) is 0 Å². The number of hydrogen-bond donors (Lipinski definition) is 2. The molecule has 0 heterocycles. The molecule has 0 rings (SSSR count). The maximum atomic E-state index is 14.2. The van der Waals surface area contributed by atoms with Gasteiger partial charge in [0.25, 0.3) is 0 Å². The predicted octanol–water partition coefficient (Wildman–Crippen LogP) is 6.66. The van der Waals surface area contributed by atoms with Crippen LogP contribution in [0.15, 0.2) is 23.3 Å². The number of carboxylic acid groups (broad SMARTS) is 1. The number of esters is 1. The Morgan fingerprint density at radius 2 is 1.15 bits per heavy atom. The van der Waals surface area contributed by atoms with E-state index in [1.807, 2.05) is 0 Å². The number of halogens is 15. The van der Waals surface area contributed by atoms with Crippen LogP contribution in [-0.4, -0.2) is 76.6 Å². The molecule has 0 aromatic rings. The van der Waals surface area contributed by atoms with E-state index in [0.29, 0.717) is 19.1 Å². The van der Waals surface area contributed by atoms with Crippen LogP contribution in [0.4, 0.5) is 65.9 Å². The van der Waals surface area contributed by atoms with E-state index in [0.717, 1.165) is 0 Å². The highest BCUT2D eigenvalue weighted by atomic mass is 19.4. The molecule has 2 N–H and O–H groups in total. The smallest absolute Gasteiger partial charge is 0.438 e. The fourth-order valence-corrected chi connectivity index (χ4v) is 2.51. The van der Waals surface area contributed by atoms with E-state index in [9.17, 15) is 75.4 Å². The monoisotopic (exact) mass is 626 g/mol. The van der Waals surface area contributed by atoms with Crippen molar-refractivity contribution >= 4 is 11.9 Å². The van der Waals surface area contributed by atoms with Crippen LogP contribution in [0.3, 0.4) is 0 Å². The van der Waals surface area contributed by atoms with Crippen molar-refractivity contribution in [2.45, 2.75) is 81.9 Å². The van der Waals surface area contributed by atoms with Crippen molar-refractivity contribution in [2.24, 2.45) is 0 Å². The Balaban J connectivity index is 0. The molecular formula is C20H21F15O5. The molecule has 0 saturated carbocycles. The lowest BCUT2D eigenvalue weighted by Crippen LogP contribution is -2.75. The van der Waals surface area contributed by atoms with Gasteiger partial charge in [0.1, 0.15) is 0 Å². The van der Waals surface area contributed by atoms with Crippen molar-refractivity contribution in [1.29, 1.82) is 0 Å². The topological polar surface area (TPSA) is 83.8 Å². The van der Waals surface area contributed by atoms with E-state index < -0.39 is 71.4 Å². The van der Waals surface area contributed by atoms with Crippen molar-refractivity contribution in [3.63, 3.8) is 0 Å². The molecule has 0 aromatic carbocycles. The number of alkyl halides is 15. The molecule has 5 nitrogen and oxygen atoms in total. The SMILES string of the molecule is C=C(C)C(=O)OCC.CC(C(=O)O)=C(CC(C)O)C(F)(F)C(F)(F)C(F)(F)C(F)(F)C(F)(C(F)(F)F)C(F)(F)F. The fourth-order valence-electron chi connectivity index (χ4n) is 2.51. The summed E-state index contributed by atoms with van der Waals surface area (Å²) in [4.78, 5) is 21.2. The first kappa shape index (κ1) is 39.5. The first-order valence-corrected chi connectivity index (χ1v) is 10.1. The summed E-state index contributed by atoms with van der Waals surface area (Å²) < 4.78 is 203. The average molecular weight is 626 g/mol. The van der Waals surface area contributed by atoms with Gasteiger partial charge in [-0.15, -0.1) is 0 Å². The van der Waals surface area contributed by atoms with E-state index in [-0.39, 0.29) is 12.9 Å². The van der Waals surface area contributed by atoms with E-state index in [2.05, 4.69) is 11.3 Å². The third kappa shape index (κ3) is 7.15. The maximum Gasteiger partial charge on any atom is 0.438 e. The minimum Gasteiger partial charge on any atom is -0.478 e. The molecule has 20 heteroatoms. The second-order valence-corrected chi connectivity index (χ2v) is 7.91. The van der Waals surface area contributed by atoms with Crippen LogP contribution >= 0.6 is 0 Å². The summed E-state index contributed by atoms with van der Waals surface area (Å²) in [6.07, 6.45) is -20.4. The molecule has 0 radical (unpaired) electrons. The van der Waals surface area contributed by atoms with Crippen LogP contribution in [0.2, 0.25) is 0 Å². The van der Waals surface area contributed by atoms with Crippen molar-refractivity contribution in [1.82, 2.24) is 0 Å². The minimum atomic E-state index is -8.60. The van der Waals surface area contributed by atoms with E-state index >= 15 is 0 Å². The van der Waals surface area contributed by atoms with Gasteiger partial charge >= 0.3 is 53.7 Å². The van der Waals surface area contributed by atoms with Crippen LogP contribution in [0.25, 0.3) is 0 Å². The zero-order chi connectivity index (χ0) is 33.1. The molecule has 0 aliphatic heterocycles. The number of carbonyl (C=O) groups excluding carboxylic acids is 1. The van der Waals surface area contributed by atoms with Gasteiger partial charge < -0.3 is 14.9 Å². The Bertz CT molecular complexity index is 948. The van der Waals surface area contributed by atoms with Gasteiger partial charge in [0.05, 0.1) is 12.7 Å². The first-order valence-electron chi connectivity index (χ1n) is 10.1. The van der Waals surface area contributed by atoms with Crippen LogP contribution < -0.4 is 0 Å². The fraction of sp³-hybridized carbons (Fsp3) is 0.700. The summed E-state index contributed by atoms with van der Waals surface area (Å²) >= 11 is 0. The van der Waals surface area contributed by atoms with Crippen LogP contribution in [-0.2, 0) is 14.3 Å². The molecule has 0 aromatic heterocycles. The summed E-state index contributed by atoms with van der Waals surface area (Å²) in [7, 11) is 0. The molecule has 40 heavy (non-hydrogen) atoms. The summed E-state index contributed by atoms with van der Waals surface area (Å²) in [5, 5.41) is 17.6. The number of hydrogen-bond acceptors (Lipinski definition) is 4. The summed E-state index contributed by atoms with van der Waals surface area (Å²) in [6.45, 7) is 7.68. The largest absolute Gasteiger partial charge is 0.478 e. The lowest BCUT2D eigenvalue weighted by molar-refractivity contribution is -0.455. The van der Waals surface area contributed by atoms with E-state index in [1.165, 1.54) is 0 Å². The molecular weight excluding hydrogens is 605 g/mol. The Hall–Kier alpha value is -2.67. The van der Waals surface area contributed by atoms with Gasteiger partial charge in [-0.2, -0.15) is 61.5 Å².